The third kappa shape index (κ3) is 0.662. The Balaban J connectivity index is 2.71. The summed E-state index contributed by atoms with van der Waals surface area (Å²) < 4.78 is 6.40. The molecule has 0 amide bonds. The van der Waals surface area contributed by atoms with E-state index >= 15 is 0 Å². The van der Waals surface area contributed by atoms with Gasteiger partial charge in [-0.2, -0.15) is 0 Å². The second-order valence-corrected chi connectivity index (χ2v) is 3.59. The van der Waals surface area contributed by atoms with E-state index in [9.17, 15) is 0 Å². The van der Waals surface area contributed by atoms with Gasteiger partial charge in [-0.15, -0.1) is 11.3 Å². The Labute approximate surface area is 72.4 Å². The molecule has 2 aromatic heterocycles. The first-order valence-corrected chi connectivity index (χ1v) is 4.54. The van der Waals surface area contributed by atoms with Crippen LogP contribution in [0.4, 0.5) is 0 Å². The number of aromatic nitrogens is 1. The van der Waals surface area contributed by atoms with E-state index in [0.717, 1.165) is 16.4 Å². The summed E-state index contributed by atoms with van der Waals surface area (Å²) in [7, 11) is 0. The zero-order valence-corrected chi connectivity index (χ0v) is 6.97. The van der Waals surface area contributed by atoms with E-state index in [2.05, 4.69) is 22.7 Å². The minimum absolute atomic E-state index is 0.897. The van der Waals surface area contributed by atoms with Crippen LogP contribution in [-0.4, -0.2) is 5.16 Å². The van der Waals surface area contributed by atoms with Crippen LogP contribution in [-0.2, 0) is 0 Å². The Kier molecular flexibility index (Phi) is 1.07. The summed E-state index contributed by atoms with van der Waals surface area (Å²) in [5, 5.41) is 8.06. The molecule has 3 heteroatoms. The number of hydrogen-bond donors (Lipinski definition) is 0. The molecule has 0 unspecified atom stereocenters. The summed E-state index contributed by atoms with van der Waals surface area (Å²) in [6.07, 6.45) is 1.74. The minimum Gasteiger partial charge on any atom is -0.356 e. The SMILES string of the molecule is c1cc2c(ccc3cnoc32)s1. The zero-order chi connectivity index (χ0) is 7.97. The van der Waals surface area contributed by atoms with Crippen molar-refractivity contribution in [3.63, 3.8) is 0 Å². The third-order valence-corrected chi connectivity index (χ3v) is 2.83. The van der Waals surface area contributed by atoms with Gasteiger partial charge in [-0.25, -0.2) is 0 Å². The van der Waals surface area contributed by atoms with E-state index < -0.39 is 0 Å². The topological polar surface area (TPSA) is 26.0 Å². The van der Waals surface area contributed by atoms with Crippen molar-refractivity contribution in [2.75, 3.05) is 0 Å². The second-order valence-electron chi connectivity index (χ2n) is 2.64. The average Bonchev–Trinajstić information content (AvgIpc) is 2.71. The first-order chi connectivity index (χ1) is 5.95. The van der Waals surface area contributed by atoms with Crippen LogP contribution < -0.4 is 0 Å². The fraction of sp³-hybridized carbons (Fsp3) is 0. The van der Waals surface area contributed by atoms with Crippen LogP contribution in [0.2, 0.25) is 0 Å². The van der Waals surface area contributed by atoms with Crippen molar-refractivity contribution in [3.05, 3.63) is 29.8 Å². The van der Waals surface area contributed by atoms with Gasteiger partial charge in [0.1, 0.15) is 0 Å². The summed E-state index contributed by atoms with van der Waals surface area (Å²) in [4.78, 5) is 0. The molecule has 0 N–H and O–H groups in total. The van der Waals surface area contributed by atoms with Crippen molar-refractivity contribution in [3.8, 4) is 0 Å². The smallest absolute Gasteiger partial charge is 0.175 e. The molecule has 0 fully saturated rings. The fourth-order valence-corrected chi connectivity index (χ4v) is 2.16. The molecule has 58 valence electrons. The highest BCUT2D eigenvalue weighted by Gasteiger charge is 2.03. The van der Waals surface area contributed by atoms with Crippen molar-refractivity contribution in [1.29, 1.82) is 0 Å². The molecule has 0 spiro atoms. The predicted molar refractivity (Wildman–Crippen MR) is 49.4 cm³/mol. The highest BCUT2D eigenvalue weighted by molar-refractivity contribution is 7.17. The Morgan fingerprint density at radius 2 is 2.25 bits per heavy atom. The Bertz CT molecular complexity index is 488. The molecule has 0 saturated heterocycles. The number of fused-ring (bicyclic) bond motifs is 3. The average molecular weight is 175 g/mol. The molecule has 0 aliphatic heterocycles. The van der Waals surface area contributed by atoms with Crippen LogP contribution >= 0.6 is 11.3 Å². The van der Waals surface area contributed by atoms with E-state index in [-0.39, 0.29) is 0 Å². The van der Waals surface area contributed by atoms with Gasteiger partial charge in [0.15, 0.2) is 5.58 Å². The van der Waals surface area contributed by atoms with Gasteiger partial charge in [-0.3, -0.25) is 0 Å². The number of benzene rings is 1. The number of nitrogens with zero attached hydrogens (tertiary/aromatic N) is 1. The largest absolute Gasteiger partial charge is 0.356 e. The maximum atomic E-state index is 5.15. The van der Waals surface area contributed by atoms with Crippen molar-refractivity contribution in [2.24, 2.45) is 0 Å². The molecule has 0 saturated carbocycles. The molecule has 12 heavy (non-hydrogen) atoms. The Morgan fingerprint density at radius 3 is 3.25 bits per heavy atom. The lowest BCUT2D eigenvalue weighted by Gasteiger charge is -1.87. The molecular weight excluding hydrogens is 170 g/mol. The van der Waals surface area contributed by atoms with Crippen molar-refractivity contribution in [1.82, 2.24) is 5.16 Å². The van der Waals surface area contributed by atoms with E-state index in [1.165, 1.54) is 4.70 Å². The summed E-state index contributed by atoms with van der Waals surface area (Å²) in [5.74, 6) is 0. The standard InChI is InChI=1S/C9H5NOS/c1-2-8-7(3-4-12-8)9-6(1)5-10-11-9/h1-5H. The van der Waals surface area contributed by atoms with Crippen LogP contribution in [0.15, 0.2) is 34.3 Å². The molecule has 0 atom stereocenters. The highest BCUT2D eigenvalue weighted by atomic mass is 32.1. The van der Waals surface area contributed by atoms with Crippen molar-refractivity contribution >= 4 is 32.4 Å². The van der Waals surface area contributed by atoms with Crippen molar-refractivity contribution < 1.29 is 4.52 Å². The Morgan fingerprint density at radius 1 is 1.25 bits per heavy atom. The number of hydrogen-bond acceptors (Lipinski definition) is 3. The minimum atomic E-state index is 0.897. The molecule has 0 radical (unpaired) electrons. The lowest BCUT2D eigenvalue weighted by atomic mass is 10.2. The number of rotatable bonds is 0. The molecule has 3 rings (SSSR count). The quantitative estimate of drug-likeness (QED) is 0.525. The second kappa shape index (κ2) is 2.08. The van der Waals surface area contributed by atoms with E-state index in [1.807, 2.05) is 6.07 Å². The van der Waals surface area contributed by atoms with Gasteiger partial charge in [0.25, 0.3) is 0 Å². The molecule has 2 nitrogen and oxygen atoms in total. The normalized spacial score (nSPS) is 11.3. The van der Waals surface area contributed by atoms with Crippen LogP contribution in [0.5, 0.6) is 0 Å². The first-order valence-electron chi connectivity index (χ1n) is 3.66. The lowest BCUT2D eigenvalue weighted by Crippen LogP contribution is -1.63. The third-order valence-electron chi connectivity index (χ3n) is 1.95. The molecule has 0 bridgehead atoms. The maximum Gasteiger partial charge on any atom is 0.175 e. The summed E-state index contributed by atoms with van der Waals surface area (Å²) >= 11 is 1.72. The van der Waals surface area contributed by atoms with E-state index in [4.69, 9.17) is 4.52 Å². The molecular formula is C9H5NOS. The zero-order valence-electron chi connectivity index (χ0n) is 6.15. The number of thiophene rings is 1. The molecule has 2 heterocycles. The van der Waals surface area contributed by atoms with Crippen LogP contribution in [0.1, 0.15) is 0 Å². The van der Waals surface area contributed by atoms with Gasteiger partial charge < -0.3 is 4.52 Å². The van der Waals surface area contributed by atoms with Gasteiger partial charge >= 0.3 is 0 Å². The molecule has 0 aliphatic carbocycles. The summed E-state index contributed by atoms with van der Waals surface area (Å²) in [6, 6.07) is 6.19. The highest BCUT2D eigenvalue weighted by Crippen LogP contribution is 2.28. The lowest BCUT2D eigenvalue weighted by molar-refractivity contribution is 0.458. The molecule has 0 aliphatic rings. The van der Waals surface area contributed by atoms with Gasteiger partial charge in [0, 0.05) is 15.5 Å². The summed E-state index contributed by atoms with van der Waals surface area (Å²) in [6.45, 7) is 0. The maximum absolute atomic E-state index is 5.15. The van der Waals surface area contributed by atoms with E-state index in [1.54, 1.807) is 17.5 Å². The molecule has 1 aromatic carbocycles. The molecule has 3 aromatic rings. The first kappa shape index (κ1) is 6.20. The van der Waals surface area contributed by atoms with Gasteiger partial charge in [-0.05, 0) is 23.6 Å². The van der Waals surface area contributed by atoms with Gasteiger partial charge in [0.05, 0.1) is 6.20 Å². The monoisotopic (exact) mass is 175 g/mol. The van der Waals surface area contributed by atoms with Crippen LogP contribution in [0, 0.1) is 0 Å². The summed E-state index contributed by atoms with van der Waals surface area (Å²) in [5.41, 5.74) is 0.897. The van der Waals surface area contributed by atoms with E-state index in [0.29, 0.717) is 0 Å². The van der Waals surface area contributed by atoms with Crippen LogP contribution in [0.3, 0.4) is 0 Å². The van der Waals surface area contributed by atoms with Crippen molar-refractivity contribution in [2.45, 2.75) is 0 Å². The van der Waals surface area contributed by atoms with Gasteiger partial charge in [-0.1, -0.05) is 5.16 Å². The van der Waals surface area contributed by atoms with Gasteiger partial charge in [0.2, 0.25) is 0 Å². The van der Waals surface area contributed by atoms with Crippen LogP contribution in [0.25, 0.3) is 21.1 Å². The predicted octanol–water partition coefficient (Wildman–Crippen LogP) is 3.04. The Hall–Kier alpha value is -1.35. The fourth-order valence-electron chi connectivity index (χ4n) is 1.37.